The lowest BCUT2D eigenvalue weighted by Gasteiger charge is -2.20. The van der Waals surface area contributed by atoms with Crippen LogP contribution in [0.2, 0.25) is 5.02 Å². The molecule has 6 nitrogen and oxygen atoms in total. The predicted octanol–water partition coefficient (Wildman–Crippen LogP) is 2.25. The number of benzene rings is 1. The third-order valence-electron chi connectivity index (χ3n) is 3.97. The van der Waals surface area contributed by atoms with Crippen LogP contribution in [0.25, 0.3) is 0 Å². The highest BCUT2D eigenvalue weighted by atomic mass is 35.5. The molecule has 1 aromatic rings. The molecule has 2 heterocycles. The van der Waals surface area contributed by atoms with Crippen LogP contribution in [-0.2, 0) is 9.59 Å². The van der Waals surface area contributed by atoms with E-state index >= 15 is 0 Å². The zero-order valence-electron chi connectivity index (χ0n) is 12.2. The Kier molecular flexibility index (Phi) is 4.21. The number of urea groups is 1. The fraction of sp³-hybridized carbons (Fsp3) is 0.400. The Morgan fingerprint density at radius 2 is 2.09 bits per heavy atom. The van der Waals surface area contributed by atoms with E-state index in [4.69, 9.17) is 11.6 Å². The maximum Gasteiger partial charge on any atom is 0.329 e. The maximum atomic E-state index is 12.5. The second kappa shape index (κ2) is 6.16. The maximum absolute atomic E-state index is 12.5. The summed E-state index contributed by atoms with van der Waals surface area (Å²) in [4.78, 5) is 38.7. The van der Waals surface area contributed by atoms with Gasteiger partial charge in [-0.2, -0.15) is 0 Å². The second-order valence-electron chi connectivity index (χ2n) is 5.44. The van der Waals surface area contributed by atoms with Gasteiger partial charge < -0.3 is 10.2 Å². The molecule has 1 unspecified atom stereocenters. The Morgan fingerprint density at radius 3 is 2.74 bits per heavy atom. The van der Waals surface area contributed by atoms with Crippen molar-refractivity contribution in [2.75, 3.05) is 23.0 Å². The van der Waals surface area contributed by atoms with E-state index in [0.29, 0.717) is 18.7 Å². The Morgan fingerprint density at radius 1 is 1.30 bits per heavy atom. The fourth-order valence-corrected chi connectivity index (χ4v) is 3.03. The van der Waals surface area contributed by atoms with Crippen LogP contribution in [0.1, 0.15) is 19.3 Å². The summed E-state index contributed by atoms with van der Waals surface area (Å²) in [5.74, 6) is -0.551. The monoisotopic (exact) mass is 339 g/mol. The molecule has 0 saturated carbocycles. The van der Waals surface area contributed by atoms with Crippen molar-refractivity contribution in [2.24, 2.45) is 0 Å². The van der Waals surface area contributed by atoms with Crippen molar-refractivity contribution in [2.45, 2.75) is 25.3 Å². The van der Waals surface area contributed by atoms with Crippen molar-refractivity contribution in [3.63, 3.8) is 0 Å². The summed E-state index contributed by atoms with van der Waals surface area (Å²) in [7, 11) is 0. The molecular formula is C15H15ClFN3O3. The van der Waals surface area contributed by atoms with Gasteiger partial charge in [0.15, 0.2) is 0 Å². The molecule has 122 valence electrons. The number of amides is 4. The number of carbonyl (C=O) groups excluding carboxylic acids is 3. The predicted molar refractivity (Wildman–Crippen MR) is 83.4 cm³/mol. The third kappa shape index (κ3) is 2.76. The van der Waals surface area contributed by atoms with Gasteiger partial charge in [0, 0.05) is 25.1 Å². The molecule has 1 aromatic carbocycles. The molecule has 23 heavy (non-hydrogen) atoms. The minimum Gasteiger partial charge on any atom is -0.325 e. The van der Waals surface area contributed by atoms with Gasteiger partial charge in [-0.1, -0.05) is 11.6 Å². The molecule has 2 fully saturated rings. The van der Waals surface area contributed by atoms with Gasteiger partial charge in [-0.05, 0) is 24.6 Å². The summed E-state index contributed by atoms with van der Waals surface area (Å²) in [6.07, 6.45) is 1.15. The number of rotatable bonds is 4. The average Bonchev–Trinajstić information content (AvgIpc) is 3.05. The topological polar surface area (TPSA) is 69.7 Å². The molecule has 0 aromatic heterocycles. The molecule has 0 bridgehead atoms. The average molecular weight is 340 g/mol. The number of nitrogens with one attached hydrogen (secondary N) is 1. The summed E-state index contributed by atoms with van der Waals surface area (Å²) < 4.78 is 12.5. The van der Waals surface area contributed by atoms with Gasteiger partial charge in [0.05, 0.1) is 17.4 Å². The van der Waals surface area contributed by atoms with E-state index in [0.717, 1.165) is 11.3 Å². The van der Waals surface area contributed by atoms with Gasteiger partial charge in [0.25, 0.3) is 5.91 Å². The van der Waals surface area contributed by atoms with Crippen LogP contribution >= 0.6 is 11.6 Å². The zero-order chi connectivity index (χ0) is 16.6. The first-order chi connectivity index (χ1) is 11.0. The zero-order valence-corrected chi connectivity index (χ0v) is 13.0. The van der Waals surface area contributed by atoms with E-state index in [9.17, 15) is 18.8 Å². The lowest BCUT2D eigenvalue weighted by molar-refractivity contribution is -0.118. The lowest BCUT2D eigenvalue weighted by atomic mass is 10.2. The second-order valence-corrected chi connectivity index (χ2v) is 5.85. The standard InChI is InChI=1S/C15H15ClFN3O3/c16-10-4-3-9(19-7-1-2-13(19)21)8-12(10)20-14(22)11(5-6-17)18-15(20)23/h3-4,8,11H,1-2,5-7H2,(H,18,23). The SMILES string of the molecule is O=C1CCCN1c1ccc(Cl)c(N2C(=O)NC(CCF)C2=O)c1. The van der Waals surface area contributed by atoms with Gasteiger partial charge in [0.2, 0.25) is 5.91 Å². The van der Waals surface area contributed by atoms with Crippen LogP contribution in [0.5, 0.6) is 0 Å². The highest BCUT2D eigenvalue weighted by molar-refractivity contribution is 6.36. The van der Waals surface area contributed by atoms with Crippen molar-refractivity contribution in [3.05, 3.63) is 23.2 Å². The number of nitrogens with zero attached hydrogens (tertiary/aromatic N) is 2. The first-order valence-corrected chi connectivity index (χ1v) is 7.71. The van der Waals surface area contributed by atoms with Gasteiger partial charge in [-0.15, -0.1) is 0 Å². The van der Waals surface area contributed by atoms with Crippen molar-refractivity contribution >= 4 is 40.8 Å². The number of hydrogen-bond acceptors (Lipinski definition) is 3. The van der Waals surface area contributed by atoms with E-state index in [1.807, 2.05) is 0 Å². The highest BCUT2D eigenvalue weighted by Gasteiger charge is 2.40. The van der Waals surface area contributed by atoms with Gasteiger partial charge in [0.1, 0.15) is 6.04 Å². The molecule has 1 N–H and O–H groups in total. The van der Waals surface area contributed by atoms with Crippen molar-refractivity contribution in [1.29, 1.82) is 0 Å². The van der Waals surface area contributed by atoms with Crippen molar-refractivity contribution in [3.8, 4) is 0 Å². The molecule has 2 aliphatic rings. The number of alkyl halides is 1. The normalized spacial score (nSPS) is 21.3. The molecule has 2 aliphatic heterocycles. The molecule has 0 radical (unpaired) electrons. The minimum absolute atomic E-state index is 0.00854. The minimum atomic E-state index is -0.888. The van der Waals surface area contributed by atoms with Crippen LogP contribution in [0, 0.1) is 0 Å². The number of carbonyl (C=O) groups is 3. The van der Waals surface area contributed by atoms with E-state index in [2.05, 4.69) is 5.32 Å². The van der Waals surface area contributed by atoms with Crippen LogP contribution < -0.4 is 15.1 Å². The molecule has 4 amide bonds. The summed E-state index contributed by atoms with van der Waals surface area (Å²) in [6.45, 7) is -0.120. The highest BCUT2D eigenvalue weighted by Crippen LogP contribution is 2.34. The third-order valence-corrected chi connectivity index (χ3v) is 4.29. The first kappa shape index (κ1) is 15.7. The summed E-state index contributed by atoms with van der Waals surface area (Å²) >= 11 is 6.12. The van der Waals surface area contributed by atoms with E-state index in [1.54, 1.807) is 23.1 Å². The Bertz CT molecular complexity index is 682. The molecule has 2 saturated heterocycles. The number of hydrogen-bond donors (Lipinski definition) is 1. The van der Waals surface area contributed by atoms with E-state index in [-0.39, 0.29) is 23.0 Å². The Hall–Kier alpha value is -2.15. The molecule has 8 heteroatoms. The number of imide groups is 1. The number of halogens is 2. The van der Waals surface area contributed by atoms with Crippen LogP contribution in [0.15, 0.2) is 18.2 Å². The number of anilines is 2. The molecular weight excluding hydrogens is 325 g/mol. The molecule has 3 rings (SSSR count). The smallest absolute Gasteiger partial charge is 0.325 e. The van der Waals surface area contributed by atoms with E-state index in [1.165, 1.54) is 0 Å². The largest absolute Gasteiger partial charge is 0.329 e. The summed E-state index contributed by atoms with van der Waals surface area (Å²) in [5, 5.41) is 2.65. The first-order valence-electron chi connectivity index (χ1n) is 7.33. The van der Waals surface area contributed by atoms with Crippen molar-refractivity contribution in [1.82, 2.24) is 5.32 Å². The van der Waals surface area contributed by atoms with Crippen LogP contribution in [0.4, 0.5) is 20.6 Å². The molecule has 1 atom stereocenters. The molecule has 0 aliphatic carbocycles. The summed E-state index contributed by atoms with van der Waals surface area (Å²) in [6, 6.07) is 3.23. The van der Waals surface area contributed by atoms with Crippen LogP contribution in [0.3, 0.4) is 0 Å². The van der Waals surface area contributed by atoms with Gasteiger partial charge in [-0.25, -0.2) is 9.69 Å². The van der Waals surface area contributed by atoms with Gasteiger partial charge >= 0.3 is 6.03 Å². The Labute approximate surface area is 137 Å². The fourth-order valence-electron chi connectivity index (χ4n) is 2.83. The van der Waals surface area contributed by atoms with Crippen LogP contribution in [-0.4, -0.2) is 37.1 Å². The Balaban J connectivity index is 1.94. The summed E-state index contributed by atoms with van der Waals surface area (Å²) in [5.41, 5.74) is 0.786. The van der Waals surface area contributed by atoms with Crippen molar-refractivity contribution < 1.29 is 18.8 Å². The quantitative estimate of drug-likeness (QED) is 0.855. The van der Waals surface area contributed by atoms with E-state index < -0.39 is 24.7 Å². The lowest BCUT2D eigenvalue weighted by Crippen LogP contribution is -2.32. The molecule has 0 spiro atoms. The van der Waals surface area contributed by atoms with Gasteiger partial charge in [-0.3, -0.25) is 14.0 Å².